The molecule has 0 aliphatic carbocycles. The van der Waals surface area contributed by atoms with Gasteiger partial charge < -0.3 is 4.90 Å². The van der Waals surface area contributed by atoms with E-state index >= 15 is 0 Å². The van der Waals surface area contributed by atoms with E-state index in [1.54, 1.807) is 4.90 Å². The monoisotopic (exact) mass is 275 g/mol. The molecule has 1 heterocycles. The molecule has 96 valence electrons. The van der Waals surface area contributed by atoms with Crippen molar-refractivity contribution in [3.05, 3.63) is 53.4 Å². The van der Waals surface area contributed by atoms with Crippen LogP contribution in [0.15, 0.2) is 42.6 Å². The van der Waals surface area contributed by atoms with Crippen molar-refractivity contribution in [1.82, 2.24) is 4.98 Å². The SMILES string of the molecule is N#CCCN(c1ccccc1)c1ncc(Cl)cc1F. The minimum atomic E-state index is -0.505. The van der Waals surface area contributed by atoms with Gasteiger partial charge in [-0.3, -0.25) is 0 Å². The molecule has 5 heteroatoms. The standard InChI is InChI=1S/C14H11ClFN3/c15-11-9-13(16)14(18-10-11)19(8-4-7-17)12-5-2-1-3-6-12/h1-3,5-6,9-10H,4,8H2. The number of nitriles is 1. The first-order valence-electron chi connectivity index (χ1n) is 5.73. The number of para-hydroxylation sites is 1. The summed E-state index contributed by atoms with van der Waals surface area (Å²) in [6.07, 6.45) is 1.67. The summed E-state index contributed by atoms with van der Waals surface area (Å²) in [5.74, 6) is -0.333. The fourth-order valence-electron chi connectivity index (χ4n) is 1.73. The Hall–Kier alpha value is -2.12. The predicted octanol–water partition coefficient (Wildman–Crippen LogP) is 3.93. The second kappa shape index (κ2) is 6.17. The Morgan fingerprint density at radius 1 is 1.32 bits per heavy atom. The van der Waals surface area contributed by atoms with Gasteiger partial charge in [0.25, 0.3) is 0 Å². The number of pyridine rings is 1. The van der Waals surface area contributed by atoms with Gasteiger partial charge in [0.15, 0.2) is 11.6 Å². The van der Waals surface area contributed by atoms with Crippen molar-refractivity contribution >= 4 is 23.1 Å². The molecule has 0 spiro atoms. The molecule has 0 N–H and O–H groups in total. The number of benzene rings is 1. The van der Waals surface area contributed by atoms with Gasteiger partial charge in [-0.25, -0.2) is 9.37 Å². The fraction of sp³-hybridized carbons (Fsp3) is 0.143. The van der Waals surface area contributed by atoms with Crippen LogP contribution in [0.25, 0.3) is 0 Å². The first kappa shape index (κ1) is 13.3. The number of halogens is 2. The lowest BCUT2D eigenvalue weighted by molar-refractivity contribution is 0.618. The van der Waals surface area contributed by atoms with Crippen molar-refractivity contribution in [3.63, 3.8) is 0 Å². The zero-order valence-corrected chi connectivity index (χ0v) is 10.8. The number of rotatable bonds is 4. The van der Waals surface area contributed by atoms with Crippen LogP contribution in [0.2, 0.25) is 5.02 Å². The Balaban J connectivity index is 2.40. The summed E-state index contributed by atoms with van der Waals surface area (Å²) in [6.45, 7) is 0.367. The molecule has 0 aliphatic heterocycles. The van der Waals surface area contributed by atoms with Crippen LogP contribution >= 0.6 is 11.6 Å². The number of aromatic nitrogens is 1. The summed E-state index contributed by atoms with van der Waals surface area (Å²) in [6, 6.07) is 12.5. The molecule has 1 aromatic heterocycles. The van der Waals surface area contributed by atoms with Crippen molar-refractivity contribution in [2.24, 2.45) is 0 Å². The third-order valence-electron chi connectivity index (χ3n) is 2.56. The second-order valence-electron chi connectivity index (χ2n) is 3.85. The van der Waals surface area contributed by atoms with E-state index in [1.165, 1.54) is 12.3 Å². The van der Waals surface area contributed by atoms with Gasteiger partial charge >= 0.3 is 0 Å². The highest BCUT2D eigenvalue weighted by Gasteiger charge is 2.15. The largest absolute Gasteiger partial charge is 0.323 e. The van der Waals surface area contributed by atoms with E-state index in [4.69, 9.17) is 16.9 Å². The Bertz CT molecular complexity index is 595. The summed E-state index contributed by atoms with van der Waals surface area (Å²) in [5.41, 5.74) is 0.784. The number of nitrogens with zero attached hydrogens (tertiary/aromatic N) is 3. The van der Waals surface area contributed by atoms with Crippen molar-refractivity contribution in [2.75, 3.05) is 11.4 Å². The molecule has 0 atom stereocenters. The van der Waals surface area contributed by atoms with E-state index in [2.05, 4.69) is 11.1 Å². The van der Waals surface area contributed by atoms with E-state index in [0.717, 1.165) is 5.69 Å². The van der Waals surface area contributed by atoms with Gasteiger partial charge in [-0.15, -0.1) is 0 Å². The topological polar surface area (TPSA) is 39.9 Å². The maximum atomic E-state index is 13.9. The minimum Gasteiger partial charge on any atom is -0.323 e. The Labute approximate surface area is 115 Å². The van der Waals surface area contributed by atoms with E-state index in [-0.39, 0.29) is 17.3 Å². The molecule has 3 nitrogen and oxygen atoms in total. The van der Waals surface area contributed by atoms with Crippen molar-refractivity contribution in [1.29, 1.82) is 5.26 Å². The summed E-state index contributed by atoms with van der Waals surface area (Å²) in [5, 5.41) is 8.96. The van der Waals surface area contributed by atoms with Crippen LogP contribution in [0.5, 0.6) is 0 Å². The zero-order chi connectivity index (χ0) is 13.7. The molecule has 0 saturated carbocycles. The Kier molecular flexibility index (Phi) is 4.32. The van der Waals surface area contributed by atoms with Crippen LogP contribution in [0, 0.1) is 17.1 Å². The van der Waals surface area contributed by atoms with E-state index in [9.17, 15) is 4.39 Å². The molecule has 0 saturated heterocycles. The van der Waals surface area contributed by atoms with Crippen LogP contribution in [-0.2, 0) is 0 Å². The number of hydrogen-bond acceptors (Lipinski definition) is 3. The molecule has 2 aromatic rings. The molecule has 0 fully saturated rings. The molecule has 1 aromatic carbocycles. The normalized spacial score (nSPS) is 9.95. The van der Waals surface area contributed by atoms with Gasteiger partial charge in [-0.2, -0.15) is 5.26 Å². The third kappa shape index (κ3) is 3.21. The third-order valence-corrected chi connectivity index (χ3v) is 2.77. The summed E-state index contributed by atoms with van der Waals surface area (Å²) >= 11 is 5.70. The average Bonchev–Trinajstić information content (AvgIpc) is 2.42. The van der Waals surface area contributed by atoms with E-state index < -0.39 is 5.82 Å². The van der Waals surface area contributed by atoms with Crippen LogP contribution in [0.4, 0.5) is 15.9 Å². The van der Waals surface area contributed by atoms with Gasteiger partial charge in [0, 0.05) is 18.4 Å². The molecule has 2 rings (SSSR count). The quantitative estimate of drug-likeness (QED) is 0.849. The molecular formula is C14H11ClFN3. The summed E-state index contributed by atoms with van der Waals surface area (Å²) in [4.78, 5) is 5.68. The van der Waals surface area contributed by atoms with Crippen LogP contribution in [0.3, 0.4) is 0 Å². The number of anilines is 2. The fourth-order valence-corrected chi connectivity index (χ4v) is 1.88. The lowest BCUT2D eigenvalue weighted by atomic mass is 10.2. The lowest BCUT2D eigenvalue weighted by Gasteiger charge is -2.23. The van der Waals surface area contributed by atoms with Gasteiger partial charge in [-0.1, -0.05) is 29.8 Å². The summed E-state index contributed by atoms with van der Waals surface area (Å²) in [7, 11) is 0. The molecule has 19 heavy (non-hydrogen) atoms. The highest BCUT2D eigenvalue weighted by atomic mass is 35.5. The lowest BCUT2D eigenvalue weighted by Crippen LogP contribution is -2.20. The van der Waals surface area contributed by atoms with E-state index in [1.807, 2.05) is 30.3 Å². The van der Waals surface area contributed by atoms with Gasteiger partial charge in [0.1, 0.15) is 0 Å². The van der Waals surface area contributed by atoms with Gasteiger partial charge in [0.05, 0.1) is 17.5 Å². The minimum absolute atomic E-state index is 0.172. The van der Waals surface area contributed by atoms with Crippen LogP contribution < -0.4 is 4.90 Å². The molecule has 0 radical (unpaired) electrons. The molecule has 0 bridgehead atoms. The molecule has 0 unspecified atom stereocenters. The molecular weight excluding hydrogens is 265 g/mol. The van der Waals surface area contributed by atoms with Crippen molar-refractivity contribution in [2.45, 2.75) is 6.42 Å². The van der Waals surface area contributed by atoms with E-state index in [0.29, 0.717) is 6.54 Å². The van der Waals surface area contributed by atoms with Gasteiger partial charge in [-0.05, 0) is 18.2 Å². The van der Waals surface area contributed by atoms with Crippen LogP contribution in [-0.4, -0.2) is 11.5 Å². The maximum absolute atomic E-state index is 13.9. The highest BCUT2D eigenvalue weighted by molar-refractivity contribution is 6.30. The summed E-state index contributed by atoms with van der Waals surface area (Å²) < 4.78 is 13.9. The Morgan fingerprint density at radius 3 is 2.68 bits per heavy atom. The first-order valence-corrected chi connectivity index (χ1v) is 6.11. The first-order chi connectivity index (χ1) is 9.22. The molecule has 0 aliphatic rings. The number of hydrogen-bond donors (Lipinski definition) is 0. The van der Waals surface area contributed by atoms with Gasteiger partial charge in [0.2, 0.25) is 0 Å². The maximum Gasteiger partial charge on any atom is 0.169 e. The second-order valence-corrected chi connectivity index (χ2v) is 4.29. The predicted molar refractivity (Wildman–Crippen MR) is 72.9 cm³/mol. The average molecular weight is 276 g/mol. The van der Waals surface area contributed by atoms with Crippen molar-refractivity contribution in [3.8, 4) is 6.07 Å². The zero-order valence-electron chi connectivity index (χ0n) is 10.1. The highest BCUT2D eigenvalue weighted by Crippen LogP contribution is 2.27. The molecule has 0 amide bonds. The smallest absolute Gasteiger partial charge is 0.169 e. The van der Waals surface area contributed by atoms with Crippen molar-refractivity contribution < 1.29 is 4.39 Å². The Morgan fingerprint density at radius 2 is 2.05 bits per heavy atom. The van der Waals surface area contributed by atoms with Crippen LogP contribution in [0.1, 0.15) is 6.42 Å².